The van der Waals surface area contributed by atoms with Crippen molar-refractivity contribution < 1.29 is 9.53 Å². The number of aromatic nitrogens is 1. The molecule has 2 fully saturated rings. The van der Waals surface area contributed by atoms with Crippen LogP contribution < -0.4 is 15.2 Å². The number of hydrogen-bond acceptors (Lipinski definition) is 5. The van der Waals surface area contributed by atoms with Crippen molar-refractivity contribution in [3.8, 4) is 11.9 Å². The Bertz CT molecular complexity index is 880. The van der Waals surface area contributed by atoms with Gasteiger partial charge in [-0.15, -0.1) is 0 Å². The molecular formula is C21H22N4O2. The van der Waals surface area contributed by atoms with Crippen LogP contribution in [0.15, 0.2) is 36.5 Å². The highest BCUT2D eigenvalue weighted by Gasteiger charge is 2.30. The van der Waals surface area contributed by atoms with Crippen molar-refractivity contribution in [3.05, 3.63) is 53.2 Å². The Morgan fingerprint density at radius 1 is 1.30 bits per heavy atom. The van der Waals surface area contributed by atoms with E-state index in [0.717, 1.165) is 30.7 Å². The number of benzene rings is 1. The lowest BCUT2D eigenvalue weighted by atomic mass is 10.1. The lowest BCUT2D eigenvalue weighted by Gasteiger charge is -2.20. The van der Waals surface area contributed by atoms with E-state index in [9.17, 15) is 4.79 Å². The molecule has 6 heteroatoms. The van der Waals surface area contributed by atoms with Crippen molar-refractivity contribution in [2.75, 3.05) is 18.7 Å². The molecule has 2 aromatic rings. The maximum atomic E-state index is 12.6. The maximum Gasteiger partial charge on any atom is 0.271 e. The summed E-state index contributed by atoms with van der Waals surface area (Å²) in [5.74, 6) is 1.59. The number of rotatable bonds is 7. The fourth-order valence-electron chi connectivity index (χ4n) is 2.92. The molecule has 6 nitrogen and oxygen atoms in total. The largest absolute Gasteiger partial charge is 0.477 e. The van der Waals surface area contributed by atoms with Crippen molar-refractivity contribution in [2.24, 2.45) is 5.92 Å². The van der Waals surface area contributed by atoms with Gasteiger partial charge >= 0.3 is 0 Å². The van der Waals surface area contributed by atoms with Crippen molar-refractivity contribution in [1.82, 2.24) is 10.4 Å². The number of amides is 1. The van der Waals surface area contributed by atoms with Crippen molar-refractivity contribution in [1.29, 1.82) is 5.26 Å². The average Bonchev–Trinajstić information content (AvgIpc) is 3.59. The Balaban J connectivity index is 1.45. The Kier molecular flexibility index (Phi) is 4.68. The number of nitrogens with one attached hydrogen (secondary N) is 1. The van der Waals surface area contributed by atoms with E-state index in [-0.39, 0.29) is 5.91 Å². The highest BCUT2D eigenvalue weighted by Crippen LogP contribution is 2.44. The Hall–Kier alpha value is -3.07. The van der Waals surface area contributed by atoms with Crippen molar-refractivity contribution in [2.45, 2.75) is 31.6 Å². The second-order valence-corrected chi connectivity index (χ2v) is 7.31. The van der Waals surface area contributed by atoms with Gasteiger partial charge in [-0.2, -0.15) is 5.26 Å². The number of nitriles is 1. The van der Waals surface area contributed by atoms with E-state index in [0.29, 0.717) is 28.8 Å². The van der Waals surface area contributed by atoms with Gasteiger partial charge in [0.1, 0.15) is 0 Å². The molecule has 0 saturated heterocycles. The van der Waals surface area contributed by atoms with Crippen LogP contribution in [-0.4, -0.2) is 24.5 Å². The molecule has 0 spiro atoms. The van der Waals surface area contributed by atoms with Gasteiger partial charge in [0.2, 0.25) is 5.88 Å². The first kappa shape index (κ1) is 17.3. The van der Waals surface area contributed by atoms with E-state index in [2.05, 4.69) is 16.5 Å². The first-order valence-corrected chi connectivity index (χ1v) is 9.31. The molecule has 1 aromatic carbocycles. The highest BCUT2D eigenvalue weighted by atomic mass is 16.5. The highest BCUT2D eigenvalue weighted by molar-refractivity contribution is 5.95. The molecular weight excluding hydrogens is 340 g/mol. The lowest BCUT2D eigenvalue weighted by Crippen LogP contribution is -2.39. The Morgan fingerprint density at radius 2 is 2.04 bits per heavy atom. The van der Waals surface area contributed by atoms with E-state index < -0.39 is 0 Å². The molecule has 27 heavy (non-hydrogen) atoms. The van der Waals surface area contributed by atoms with Crippen LogP contribution in [0.4, 0.5) is 5.69 Å². The summed E-state index contributed by atoms with van der Waals surface area (Å²) < 4.78 is 5.89. The molecule has 1 amide bonds. The fourth-order valence-corrected chi connectivity index (χ4v) is 2.92. The van der Waals surface area contributed by atoms with Crippen LogP contribution in [0.2, 0.25) is 0 Å². The van der Waals surface area contributed by atoms with Crippen LogP contribution >= 0.6 is 0 Å². The third kappa shape index (κ3) is 4.20. The molecule has 4 rings (SSSR count). The molecule has 2 saturated carbocycles. The van der Waals surface area contributed by atoms with Gasteiger partial charge in [0.05, 0.1) is 29.5 Å². The van der Waals surface area contributed by atoms with Gasteiger partial charge in [-0.05, 0) is 67.9 Å². The van der Waals surface area contributed by atoms with Crippen molar-refractivity contribution >= 4 is 11.6 Å². The second kappa shape index (κ2) is 7.28. The molecule has 0 radical (unpaired) electrons. The third-order valence-electron chi connectivity index (χ3n) is 4.96. The zero-order chi connectivity index (χ0) is 18.8. The van der Waals surface area contributed by atoms with Crippen LogP contribution in [0.25, 0.3) is 0 Å². The Morgan fingerprint density at radius 3 is 2.67 bits per heavy atom. The van der Waals surface area contributed by atoms with Gasteiger partial charge in [0, 0.05) is 18.8 Å². The predicted molar refractivity (Wildman–Crippen MR) is 101 cm³/mol. The quantitative estimate of drug-likeness (QED) is 0.764. The summed E-state index contributed by atoms with van der Waals surface area (Å²) in [5, 5.41) is 10.5. The molecule has 2 aliphatic carbocycles. The van der Waals surface area contributed by atoms with Gasteiger partial charge in [-0.25, -0.2) is 4.98 Å². The van der Waals surface area contributed by atoms with Crippen LogP contribution in [0, 0.1) is 17.2 Å². The molecule has 1 N–H and O–H groups in total. The average molecular weight is 362 g/mol. The third-order valence-corrected chi connectivity index (χ3v) is 4.96. The number of ether oxygens (including phenoxy) is 1. The summed E-state index contributed by atoms with van der Waals surface area (Å²) in [5.41, 5.74) is 5.79. The smallest absolute Gasteiger partial charge is 0.271 e. The summed E-state index contributed by atoms with van der Waals surface area (Å²) in [6.07, 6.45) is 6.30. The molecule has 0 bridgehead atoms. The molecule has 2 aliphatic rings. The summed E-state index contributed by atoms with van der Waals surface area (Å²) in [6.45, 7) is 0.722. The minimum absolute atomic E-state index is 0.218. The monoisotopic (exact) mass is 362 g/mol. The van der Waals surface area contributed by atoms with Crippen molar-refractivity contribution in [3.63, 3.8) is 0 Å². The number of pyridine rings is 1. The first-order chi connectivity index (χ1) is 13.1. The van der Waals surface area contributed by atoms with E-state index in [1.54, 1.807) is 42.5 Å². The second-order valence-electron chi connectivity index (χ2n) is 7.31. The number of carbonyl (C=O) groups excluding carboxylic acids is 1. The lowest BCUT2D eigenvalue weighted by molar-refractivity contribution is 0.0951. The topological polar surface area (TPSA) is 78.2 Å². The number of hydrogen-bond donors (Lipinski definition) is 1. The molecule has 0 aliphatic heterocycles. The molecule has 1 heterocycles. The van der Waals surface area contributed by atoms with Gasteiger partial charge in [0.25, 0.3) is 5.91 Å². The SMILES string of the molecule is CN(NC(=O)c1cnc(OCC2CC2)c(C2CC2)c1)c1ccc(C#N)cc1. The normalized spacial score (nSPS) is 15.7. The minimum atomic E-state index is -0.218. The number of hydrazine groups is 1. The van der Waals surface area contributed by atoms with E-state index in [1.165, 1.54) is 12.8 Å². The molecule has 1 aromatic heterocycles. The zero-order valence-electron chi connectivity index (χ0n) is 15.3. The standard InChI is InChI=1S/C21H22N4O2/c1-25(18-8-4-14(11-22)5-9-18)24-20(26)17-10-19(16-6-7-16)21(23-12-17)27-13-15-2-3-15/h4-5,8-10,12,15-16H,2-3,6-7,13H2,1H3,(H,24,26). The van der Waals surface area contributed by atoms with Crippen LogP contribution in [-0.2, 0) is 0 Å². The zero-order valence-corrected chi connectivity index (χ0v) is 15.3. The van der Waals surface area contributed by atoms with Gasteiger partial charge in [0.15, 0.2) is 0 Å². The van der Waals surface area contributed by atoms with Crippen LogP contribution in [0.1, 0.15) is 53.1 Å². The molecule has 0 atom stereocenters. The van der Waals surface area contributed by atoms with Crippen LogP contribution in [0.3, 0.4) is 0 Å². The summed E-state index contributed by atoms with van der Waals surface area (Å²) >= 11 is 0. The predicted octanol–water partition coefficient (Wildman–Crippen LogP) is 3.40. The first-order valence-electron chi connectivity index (χ1n) is 9.31. The van der Waals surface area contributed by atoms with Gasteiger partial charge < -0.3 is 4.74 Å². The Labute approximate surface area is 158 Å². The number of nitrogens with zero attached hydrogens (tertiary/aromatic N) is 3. The number of carbonyl (C=O) groups is 1. The van der Waals surface area contributed by atoms with E-state index >= 15 is 0 Å². The summed E-state index contributed by atoms with van der Waals surface area (Å²) in [4.78, 5) is 17.1. The van der Waals surface area contributed by atoms with E-state index in [1.807, 2.05) is 6.07 Å². The number of anilines is 1. The molecule has 138 valence electrons. The van der Waals surface area contributed by atoms with Gasteiger partial charge in [-0.3, -0.25) is 15.2 Å². The van der Waals surface area contributed by atoms with E-state index in [4.69, 9.17) is 10.00 Å². The van der Waals surface area contributed by atoms with Gasteiger partial charge in [-0.1, -0.05) is 0 Å². The maximum absolute atomic E-state index is 12.6. The summed E-state index contributed by atoms with van der Waals surface area (Å²) in [7, 11) is 1.77. The summed E-state index contributed by atoms with van der Waals surface area (Å²) in [6, 6.07) is 11.0. The molecule has 0 unspecified atom stereocenters. The van der Waals surface area contributed by atoms with Crippen LogP contribution in [0.5, 0.6) is 5.88 Å². The minimum Gasteiger partial charge on any atom is -0.477 e. The fraction of sp³-hybridized carbons (Fsp3) is 0.381.